The molecule has 0 unspecified atom stereocenters. The molecule has 4 nitrogen and oxygen atoms in total. The van der Waals surface area contributed by atoms with Crippen LogP contribution in [0.4, 0.5) is 0 Å². The summed E-state index contributed by atoms with van der Waals surface area (Å²) < 4.78 is 5.18. The van der Waals surface area contributed by atoms with E-state index in [1.807, 2.05) is 91.9 Å². The maximum atomic E-state index is 12.4. The molecule has 0 heterocycles. The maximum Gasteiger partial charge on any atom is 0.310 e. The molecule has 3 rings (SSSR count). The SMILES string of the molecule is Cc1ccccc1CC(=O)OCC(=O)NC(c1ccccc1)c1ccccc1. The number of hydrogen-bond acceptors (Lipinski definition) is 3. The second-order valence-electron chi connectivity index (χ2n) is 6.59. The number of benzene rings is 3. The molecule has 1 N–H and O–H groups in total. The highest BCUT2D eigenvalue weighted by Crippen LogP contribution is 2.21. The first-order valence-electron chi connectivity index (χ1n) is 9.23. The third kappa shape index (κ3) is 5.30. The van der Waals surface area contributed by atoms with Gasteiger partial charge in [0.2, 0.25) is 0 Å². The van der Waals surface area contributed by atoms with E-state index in [2.05, 4.69) is 5.32 Å². The van der Waals surface area contributed by atoms with Crippen LogP contribution in [0, 0.1) is 6.92 Å². The van der Waals surface area contributed by atoms with Crippen LogP contribution in [0.2, 0.25) is 0 Å². The number of rotatable bonds is 7. The Labute approximate surface area is 165 Å². The highest BCUT2D eigenvalue weighted by Gasteiger charge is 2.17. The number of carbonyl (C=O) groups is 2. The summed E-state index contributed by atoms with van der Waals surface area (Å²) in [5, 5.41) is 2.96. The maximum absolute atomic E-state index is 12.4. The molecule has 0 aliphatic heterocycles. The first-order chi connectivity index (χ1) is 13.6. The molecule has 0 bridgehead atoms. The van der Waals surface area contributed by atoms with Gasteiger partial charge in [0.15, 0.2) is 6.61 Å². The zero-order valence-electron chi connectivity index (χ0n) is 15.8. The number of carbonyl (C=O) groups excluding carboxylic acids is 2. The molecule has 0 aliphatic rings. The molecular weight excluding hydrogens is 350 g/mol. The van der Waals surface area contributed by atoms with E-state index < -0.39 is 5.97 Å². The van der Waals surface area contributed by atoms with Gasteiger partial charge in [-0.05, 0) is 29.2 Å². The van der Waals surface area contributed by atoms with Crippen molar-refractivity contribution in [3.8, 4) is 0 Å². The van der Waals surface area contributed by atoms with E-state index in [4.69, 9.17) is 4.74 Å². The number of amides is 1. The van der Waals surface area contributed by atoms with E-state index in [-0.39, 0.29) is 25.0 Å². The van der Waals surface area contributed by atoms with Crippen LogP contribution in [0.15, 0.2) is 84.9 Å². The summed E-state index contributed by atoms with van der Waals surface area (Å²) in [6, 6.07) is 26.8. The van der Waals surface area contributed by atoms with Crippen molar-refractivity contribution >= 4 is 11.9 Å². The van der Waals surface area contributed by atoms with Crippen LogP contribution in [-0.2, 0) is 20.7 Å². The van der Waals surface area contributed by atoms with Gasteiger partial charge in [-0.3, -0.25) is 9.59 Å². The number of esters is 1. The van der Waals surface area contributed by atoms with E-state index in [0.717, 1.165) is 22.3 Å². The summed E-state index contributed by atoms with van der Waals surface area (Å²) >= 11 is 0. The third-order valence-corrected chi connectivity index (χ3v) is 4.53. The molecule has 28 heavy (non-hydrogen) atoms. The predicted molar refractivity (Wildman–Crippen MR) is 109 cm³/mol. The van der Waals surface area contributed by atoms with Crippen molar-refractivity contribution in [1.82, 2.24) is 5.32 Å². The Kier molecular flexibility index (Phi) is 6.58. The second-order valence-corrected chi connectivity index (χ2v) is 6.59. The van der Waals surface area contributed by atoms with Crippen LogP contribution in [0.25, 0.3) is 0 Å². The molecule has 4 heteroatoms. The molecule has 0 saturated carbocycles. The summed E-state index contributed by atoms with van der Waals surface area (Å²) in [6.07, 6.45) is 0.154. The van der Waals surface area contributed by atoms with Crippen molar-refractivity contribution in [2.45, 2.75) is 19.4 Å². The Bertz CT molecular complexity index is 883. The first kappa shape index (κ1) is 19.4. The van der Waals surface area contributed by atoms with Crippen molar-refractivity contribution in [1.29, 1.82) is 0 Å². The van der Waals surface area contributed by atoms with Crippen molar-refractivity contribution in [3.05, 3.63) is 107 Å². The van der Waals surface area contributed by atoms with E-state index in [9.17, 15) is 9.59 Å². The lowest BCUT2D eigenvalue weighted by molar-refractivity contribution is -0.148. The standard InChI is InChI=1S/C24H23NO3/c1-18-10-8-9-15-21(18)16-23(27)28-17-22(26)25-24(19-11-4-2-5-12-19)20-13-6-3-7-14-20/h2-15,24H,16-17H2,1H3,(H,25,26). The average Bonchev–Trinajstić information content (AvgIpc) is 2.73. The van der Waals surface area contributed by atoms with Crippen molar-refractivity contribution in [2.24, 2.45) is 0 Å². The number of nitrogens with one attached hydrogen (secondary N) is 1. The minimum absolute atomic E-state index is 0.154. The van der Waals surface area contributed by atoms with Gasteiger partial charge in [0.05, 0.1) is 12.5 Å². The fourth-order valence-corrected chi connectivity index (χ4v) is 3.01. The van der Waals surface area contributed by atoms with Crippen molar-refractivity contribution in [3.63, 3.8) is 0 Å². The molecule has 0 aromatic heterocycles. The highest BCUT2D eigenvalue weighted by atomic mass is 16.5. The molecule has 0 atom stereocenters. The smallest absolute Gasteiger partial charge is 0.310 e. The predicted octanol–water partition coefficient (Wildman–Crippen LogP) is 3.99. The van der Waals surface area contributed by atoms with Gasteiger partial charge in [0, 0.05) is 0 Å². The Morgan fingerprint density at radius 2 is 1.36 bits per heavy atom. The summed E-state index contributed by atoms with van der Waals surface area (Å²) in [5.41, 5.74) is 3.86. The minimum atomic E-state index is -0.416. The number of hydrogen-bond donors (Lipinski definition) is 1. The Morgan fingerprint density at radius 1 is 0.821 bits per heavy atom. The largest absolute Gasteiger partial charge is 0.455 e. The Balaban J connectivity index is 1.61. The molecule has 0 saturated heterocycles. The zero-order chi connectivity index (χ0) is 19.8. The molecule has 142 valence electrons. The highest BCUT2D eigenvalue weighted by molar-refractivity contribution is 5.82. The van der Waals surface area contributed by atoms with E-state index in [1.165, 1.54) is 0 Å². The molecule has 3 aromatic carbocycles. The van der Waals surface area contributed by atoms with Crippen LogP contribution in [-0.4, -0.2) is 18.5 Å². The summed E-state index contributed by atoms with van der Waals surface area (Å²) in [4.78, 5) is 24.5. The van der Waals surface area contributed by atoms with Gasteiger partial charge in [-0.2, -0.15) is 0 Å². The summed E-state index contributed by atoms with van der Waals surface area (Å²) in [7, 11) is 0. The van der Waals surface area contributed by atoms with Crippen LogP contribution >= 0.6 is 0 Å². The Hall–Kier alpha value is -3.40. The first-order valence-corrected chi connectivity index (χ1v) is 9.23. The molecular formula is C24H23NO3. The fourth-order valence-electron chi connectivity index (χ4n) is 3.01. The molecule has 0 radical (unpaired) electrons. The molecule has 1 amide bonds. The lowest BCUT2D eigenvalue weighted by atomic mass is 9.99. The van der Waals surface area contributed by atoms with Gasteiger partial charge in [-0.1, -0.05) is 84.9 Å². The van der Waals surface area contributed by atoms with Crippen LogP contribution in [0.3, 0.4) is 0 Å². The van der Waals surface area contributed by atoms with Crippen LogP contribution in [0.5, 0.6) is 0 Å². The lowest BCUT2D eigenvalue weighted by Crippen LogP contribution is -2.33. The van der Waals surface area contributed by atoms with E-state index in [1.54, 1.807) is 0 Å². The van der Waals surface area contributed by atoms with Crippen LogP contribution in [0.1, 0.15) is 28.3 Å². The fraction of sp³-hybridized carbons (Fsp3) is 0.167. The van der Waals surface area contributed by atoms with Crippen LogP contribution < -0.4 is 5.32 Å². The second kappa shape index (κ2) is 9.51. The van der Waals surface area contributed by atoms with Crippen molar-refractivity contribution in [2.75, 3.05) is 6.61 Å². The normalized spacial score (nSPS) is 10.5. The molecule has 3 aromatic rings. The van der Waals surface area contributed by atoms with E-state index in [0.29, 0.717) is 0 Å². The summed E-state index contributed by atoms with van der Waals surface area (Å²) in [5.74, 6) is -0.753. The van der Waals surface area contributed by atoms with E-state index >= 15 is 0 Å². The quantitative estimate of drug-likeness (QED) is 0.637. The molecule has 0 spiro atoms. The van der Waals surface area contributed by atoms with Gasteiger partial charge in [-0.25, -0.2) is 0 Å². The topological polar surface area (TPSA) is 55.4 Å². The zero-order valence-corrected chi connectivity index (χ0v) is 15.8. The van der Waals surface area contributed by atoms with Gasteiger partial charge in [-0.15, -0.1) is 0 Å². The number of aryl methyl sites for hydroxylation is 1. The minimum Gasteiger partial charge on any atom is -0.455 e. The number of ether oxygens (including phenoxy) is 1. The van der Waals surface area contributed by atoms with Gasteiger partial charge < -0.3 is 10.1 Å². The Morgan fingerprint density at radius 3 is 1.93 bits per heavy atom. The van der Waals surface area contributed by atoms with Gasteiger partial charge in [0.1, 0.15) is 0 Å². The summed E-state index contributed by atoms with van der Waals surface area (Å²) in [6.45, 7) is 1.64. The molecule has 0 fully saturated rings. The monoisotopic (exact) mass is 373 g/mol. The third-order valence-electron chi connectivity index (χ3n) is 4.53. The van der Waals surface area contributed by atoms with Crippen molar-refractivity contribution < 1.29 is 14.3 Å². The van der Waals surface area contributed by atoms with Gasteiger partial charge in [0.25, 0.3) is 5.91 Å². The lowest BCUT2D eigenvalue weighted by Gasteiger charge is -2.20. The molecule has 0 aliphatic carbocycles. The average molecular weight is 373 g/mol. The van der Waals surface area contributed by atoms with Gasteiger partial charge >= 0.3 is 5.97 Å².